The highest BCUT2D eigenvalue weighted by Crippen LogP contribution is 2.33. The second-order valence-electron chi connectivity index (χ2n) is 9.58. The number of amides is 1. The van der Waals surface area contributed by atoms with Crippen LogP contribution in [0.3, 0.4) is 0 Å². The smallest absolute Gasteiger partial charge is 0.272 e. The van der Waals surface area contributed by atoms with E-state index in [9.17, 15) is 4.79 Å². The van der Waals surface area contributed by atoms with E-state index in [4.69, 9.17) is 10.5 Å². The Balaban J connectivity index is 1.19. The van der Waals surface area contributed by atoms with Gasteiger partial charge in [-0.05, 0) is 67.6 Å². The van der Waals surface area contributed by atoms with Gasteiger partial charge in [-0.3, -0.25) is 4.79 Å². The molecule has 0 saturated carbocycles. The third-order valence-corrected chi connectivity index (χ3v) is 7.20. The van der Waals surface area contributed by atoms with E-state index in [0.29, 0.717) is 17.5 Å². The van der Waals surface area contributed by atoms with Crippen LogP contribution in [-0.2, 0) is 0 Å². The van der Waals surface area contributed by atoms with E-state index < -0.39 is 0 Å². The number of fused-ring (bicyclic) bond motifs is 1. The molecule has 1 amide bonds. The average molecular weight is 460 g/mol. The molecule has 2 unspecified atom stereocenters. The van der Waals surface area contributed by atoms with Gasteiger partial charge >= 0.3 is 0 Å². The molecule has 2 aromatic carbocycles. The Morgan fingerprint density at radius 3 is 2.38 bits per heavy atom. The number of hydrogen-bond acceptors (Lipinski definition) is 5. The van der Waals surface area contributed by atoms with Gasteiger partial charge in [0.15, 0.2) is 0 Å². The van der Waals surface area contributed by atoms with Crippen molar-refractivity contribution in [2.24, 2.45) is 17.6 Å². The number of likely N-dealkylation sites (tertiary alicyclic amines) is 2. The molecular weight excluding hydrogens is 426 g/mol. The molecule has 34 heavy (non-hydrogen) atoms. The van der Waals surface area contributed by atoms with E-state index in [1.807, 2.05) is 60.4 Å². The lowest BCUT2D eigenvalue weighted by atomic mass is 10.0. The van der Waals surface area contributed by atoms with Crippen molar-refractivity contribution in [3.8, 4) is 11.4 Å². The number of rotatable bonds is 7. The average Bonchev–Trinajstić information content (AvgIpc) is 3.55. The zero-order valence-electron chi connectivity index (χ0n) is 19.9. The largest absolute Gasteiger partial charge is 0.497 e. The number of aromatic nitrogens is 2. The van der Waals surface area contributed by atoms with Crippen molar-refractivity contribution in [2.45, 2.75) is 19.4 Å². The van der Waals surface area contributed by atoms with Crippen molar-refractivity contribution in [1.82, 2.24) is 19.6 Å². The maximum Gasteiger partial charge on any atom is 0.272 e. The Kier molecular flexibility index (Phi) is 6.39. The summed E-state index contributed by atoms with van der Waals surface area (Å²) in [5.41, 5.74) is 9.91. The number of carbonyl (C=O) groups is 1. The number of methoxy groups -OCH3 is 1. The van der Waals surface area contributed by atoms with Gasteiger partial charge in [-0.2, -0.15) is 5.10 Å². The van der Waals surface area contributed by atoms with Crippen molar-refractivity contribution in [2.75, 3.05) is 39.8 Å². The molecule has 7 nitrogen and oxygen atoms in total. The van der Waals surface area contributed by atoms with Gasteiger partial charge in [0.1, 0.15) is 11.4 Å². The monoisotopic (exact) mass is 459 g/mol. The molecule has 2 aliphatic heterocycles. The first-order chi connectivity index (χ1) is 16.5. The van der Waals surface area contributed by atoms with Crippen LogP contribution in [-0.4, -0.2) is 65.3 Å². The van der Waals surface area contributed by atoms with Gasteiger partial charge in [0.25, 0.3) is 5.91 Å². The molecule has 7 heteroatoms. The quantitative estimate of drug-likeness (QED) is 0.587. The van der Waals surface area contributed by atoms with Gasteiger partial charge in [0, 0.05) is 32.2 Å². The van der Waals surface area contributed by atoms with E-state index in [1.165, 1.54) is 5.56 Å². The van der Waals surface area contributed by atoms with Gasteiger partial charge in [0.05, 0.1) is 18.5 Å². The van der Waals surface area contributed by atoms with Crippen LogP contribution in [0.5, 0.6) is 5.75 Å². The molecule has 178 valence electrons. The summed E-state index contributed by atoms with van der Waals surface area (Å²) >= 11 is 0. The Morgan fingerprint density at radius 1 is 1.06 bits per heavy atom. The van der Waals surface area contributed by atoms with Crippen LogP contribution in [0, 0.1) is 18.8 Å². The number of ether oxygens (including phenoxy) is 1. The van der Waals surface area contributed by atoms with Gasteiger partial charge in [0.2, 0.25) is 0 Å². The van der Waals surface area contributed by atoms with Gasteiger partial charge < -0.3 is 20.3 Å². The first-order valence-electron chi connectivity index (χ1n) is 12.0. The minimum atomic E-state index is 0.0588. The molecular formula is C27H33N5O2. The Labute approximate surface area is 201 Å². The molecule has 2 saturated heterocycles. The molecule has 5 rings (SSSR count). The first kappa shape index (κ1) is 22.6. The van der Waals surface area contributed by atoms with Gasteiger partial charge in [-0.25, -0.2) is 4.68 Å². The SMILES string of the molecule is COc1ccc(-n2nc(C)cc2C(=O)N2CC3CN(CC[C@H](N)c4ccccc4)CC3C2)cc1. The molecule has 0 spiro atoms. The van der Waals surface area contributed by atoms with Crippen molar-refractivity contribution >= 4 is 5.91 Å². The topological polar surface area (TPSA) is 76.6 Å². The van der Waals surface area contributed by atoms with Crippen LogP contribution in [0.2, 0.25) is 0 Å². The number of aryl methyl sites for hydroxylation is 1. The normalized spacial score (nSPS) is 21.0. The van der Waals surface area contributed by atoms with Crippen molar-refractivity contribution < 1.29 is 9.53 Å². The highest BCUT2D eigenvalue weighted by molar-refractivity contribution is 5.93. The lowest BCUT2D eigenvalue weighted by molar-refractivity contribution is 0.0765. The predicted molar refractivity (Wildman–Crippen MR) is 132 cm³/mol. The molecule has 2 fully saturated rings. The minimum absolute atomic E-state index is 0.0588. The third kappa shape index (κ3) is 4.58. The van der Waals surface area contributed by atoms with E-state index in [1.54, 1.807) is 11.8 Å². The molecule has 3 atom stereocenters. The summed E-state index contributed by atoms with van der Waals surface area (Å²) in [5, 5.41) is 4.59. The number of nitrogens with two attached hydrogens (primary N) is 1. The van der Waals surface area contributed by atoms with Crippen LogP contribution in [0.4, 0.5) is 0 Å². The van der Waals surface area contributed by atoms with Crippen LogP contribution in [0.25, 0.3) is 5.69 Å². The number of benzene rings is 2. The summed E-state index contributed by atoms with van der Waals surface area (Å²) in [6.45, 7) is 6.60. The first-order valence-corrected chi connectivity index (χ1v) is 12.0. The Morgan fingerprint density at radius 2 is 1.74 bits per heavy atom. The number of hydrogen-bond donors (Lipinski definition) is 1. The molecule has 0 radical (unpaired) electrons. The third-order valence-electron chi connectivity index (χ3n) is 7.20. The fourth-order valence-electron chi connectivity index (χ4n) is 5.36. The predicted octanol–water partition coefficient (Wildman–Crippen LogP) is 3.28. The lowest BCUT2D eigenvalue weighted by Crippen LogP contribution is -2.35. The molecule has 1 aromatic heterocycles. The van der Waals surface area contributed by atoms with E-state index >= 15 is 0 Å². The second kappa shape index (κ2) is 9.60. The number of carbonyl (C=O) groups excluding carboxylic acids is 1. The minimum Gasteiger partial charge on any atom is -0.497 e. The van der Waals surface area contributed by atoms with Crippen LogP contribution < -0.4 is 10.5 Å². The summed E-state index contributed by atoms with van der Waals surface area (Å²) in [5.74, 6) is 1.89. The molecule has 2 N–H and O–H groups in total. The highest BCUT2D eigenvalue weighted by Gasteiger charge is 2.42. The fraction of sp³-hybridized carbons (Fsp3) is 0.407. The van der Waals surface area contributed by atoms with E-state index in [0.717, 1.165) is 56.3 Å². The Hall–Kier alpha value is -3.16. The highest BCUT2D eigenvalue weighted by atomic mass is 16.5. The standard InChI is InChI=1S/C27H33N5O2/c1-19-14-26(32(29-19)23-8-10-24(34-2)11-9-23)27(33)31-17-21-15-30(16-22(21)18-31)13-12-25(28)20-6-4-3-5-7-20/h3-11,14,21-22,25H,12-13,15-18,28H2,1-2H3/t21?,22?,25-/m0/s1. The molecule has 0 aliphatic carbocycles. The molecule has 2 aliphatic rings. The molecule has 3 aromatic rings. The van der Waals surface area contributed by atoms with Crippen molar-refractivity contribution in [3.63, 3.8) is 0 Å². The fourth-order valence-corrected chi connectivity index (χ4v) is 5.36. The van der Waals surface area contributed by atoms with Crippen LogP contribution in [0.1, 0.15) is 34.2 Å². The molecule has 3 heterocycles. The summed E-state index contributed by atoms with van der Waals surface area (Å²) in [4.78, 5) is 18.0. The van der Waals surface area contributed by atoms with Crippen LogP contribution >= 0.6 is 0 Å². The molecule has 0 bridgehead atoms. The van der Waals surface area contributed by atoms with Crippen LogP contribution in [0.15, 0.2) is 60.7 Å². The van der Waals surface area contributed by atoms with E-state index in [2.05, 4.69) is 22.1 Å². The second-order valence-corrected chi connectivity index (χ2v) is 9.58. The summed E-state index contributed by atoms with van der Waals surface area (Å²) in [6, 6.07) is 19.9. The lowest BCUT2D eigenvalue weighted by Gasteiger charge is -2.23. The van der Waals surface area contributed by atoms with Crippen molar-refractivity contribution in [3.05, 3.63) is 77.6 Å². The maximum absolute atomic E-state index is 13.5. The summed E-state index contributed by atoms with van der Waals surface area (Å²) < 4.78 is 7.01. The van der Waals surface area contributed by atoms with Crippen molar-refractivity contribution in [1.29, 1.82) is 0 Å². The summed E-state index contributed by atoms with van der Waals surface area (Å²) in [7, 11) is 1.64. The summed E-state index contributed by atoms with van der Waals surface area (Å²) in [6.07, 6.45) is 0.951. The van der Waals surface area contributed by atoms with E-state index in [-0.39, 0.29) is 11.9 Å². The zero-order chi connectivity index (χ0) is 23.7. The number of nitrogens with zero attached hydrogens (tertiary/aromatic N) is 4. The maximum atomic E-state index is 13.5. The zero-order valence-corrected chi connectivity index (χ0v) is 19.9. The van der Waals surface area contributed by atoms with Gasteiger partial charge in [-0.15, -0.1) is 0 Å². The van der Waals surface area contributed by atoms with Gasteiger partial charge in [-0.1, -0.05) is 30.3 Å². The Bertz CT molecular complexity index is 1110.